The molecule has 100 valence electrons. The second-order valence-corrected chi connectivity index (χ2v) is 5.10. The zero-order valence-corrected chi connectivity index (χ0v) is 11.8. The Morgan fingerprint density at radius 3 is 2.89 bits per heavy atom. The summed E-state index contributed by atoms with van der Waals surface area (Å²) in [6.45, 7) is 1.99. The van der Waals surface area contributed by atoms with Crippen LogP contribution in [0.4, 0.5) is 5.69 Å². The molecule has 1 unspecified atom stereocenters. The fourth-order valence-electron chi connectivity index (χ4n) is 1.57. The molecule has 0 aliphatic carbocycles. The van der Waals surface area contributed by atoms with Gasteiger partial charge in [-0.25, -0.2) is 0 Å². The Morgan fingerprint density at radius 2 is 2.28 bits per heavy atom. The van der Waals surface area contributed by atoms with Crippen molar-refractivity contribution in [2.45, 2.75) is 19.4 Å². The first-order valence-corrected chi connectivity index (χ1v) is 7.21. The lowest BCUT2D eigenvalue weighted by atomic mass is 10.1. The molecule has 5 heteroatoms. The van der Waals surface area contributed by atoms with Gasteiger partial charge in [-0.15, -0.1) is 0 Å². The molecule has 1 atom stereocenters. The SMILES string of the molecule is COc1ccc(N)cc1C(=O)NC(C)CCSC. The molecule has 0 heterocycles. The number of nitrogens with one attached hydrogen (secondary N) is 1. The minimum Gasteiger partial charge on any atom is -0.496 e. The van der Waals surface area contributed by atoms with Crippen molar-refractivity contribution in [2.75, 3.05) is 24.9 Å². The first kappa shape index (κ1) is 14.7. The molecule has 0 radical (unpaired) electrons. The molecule has 3 N–H and O–H groups in total. The van der Waals surface area contributed by atoms with Gasteiger partial charge in [0.05, 0.1) is 12.7 Å². The second-order valence-electron chi connectivity index (χ2n) is 4.12. The van der Waals surface area contributed by atoms with Crippen molar-refractivity contribution >= 4 is 23.4 Å². The largest absolute Gasteiger partial charge is 0.496 e. The summed E-state index contributed by atoms with van der Waals surface area (Å²) in [7, 11) is 1.54. The van der Waals surface area contributed by atoms with Crippen LogP contribution in [0.2, 0.25) is 0 Å². The first-order valence-electron chi connectivity index (χ1n) is 5.81. The molecule has 1 aromatic rings. The van der Waals surface area contributed by atoms with Crippen molar-refractivity contribution in [1.29, 1.82) is 0 Å². The highest BCUT2D eigenvalue weighted by atomic mass is 32.2. The lowest BCUT2D eigenvalue weighted by Gasteiger charge is -2.15. The summed E-state index contributed by atoms with van der Waals surface area (Å²) in [5.74, 6) is 1.42. The Kier molecular flexibility index (Phi) is 5.85. The zero-order chi connectivity index (χ0) is 13.5. The van der Waals surface area contributed by atoms with Crippen molar-refractivity contribution in [3.8, 4) is 5.75 Å². The first-order chi connectivity index (χ1) is 8.58. The minimum absolute atomic E-state index is 0.135. The predicted octanol–water partition coefficient (Wildman–Crippen LogP) is 2.15. The number of carbonyl (C=O) groups excluding carboxylic acids is 1. The average molecular weight is 268 g/mol. The van der Waals surface area contributed by atoms with E-state index in [-0.39, 0.29) is 11.9 Å². The van der Waals surface area contributed by atoms with Crippen LogP contribution in [0, 0.1) is 0 Å². The van der Waals surface area contributed by atoms with E-state index in [1.54, 1.807) is 37.1 Å². The number of benzene rings is 1. The van der Waals surface area contributed by atoms with E-state index < -0.39 is 0 Å². The average Bonchev–Trinajstić information content (AvgIpc) is 2.36. The Hall–Kier alpha value is -1.36. The lowest BCUT2D eigenvalue weighted by Crippen LogP contribution is -2.33. The van der Waals surface area contributed by atoms with Crippen LogP contribution in [0.1, 0.15) is 23.7 Å². The number of anilines is 1. The van der Waals surface area contributed by atoms with Crippen molar-refractivity contribution in [3.63, 3.8) is 0 Å². The van der Waals surface area contributed by atoms with Crippen molar-refractivity contribution in [3.05, 3.63) is 23.8 Å². The number of rotatable bonds is 6. The highest BCUT2D eigenvalue weighted by Crippen LogP contribution is 2.21. The van der Waals surface area contributed by atoms with Gasteiger partial charge in [0.15, 0.2) is 0 Å². The van der Waals surface area contributed by atoms with E-state index >= 15 is 0 Å². The molecule has 0 spiro atoms. The van der Waals surface area contributed by atoms with Gasteiger partial charge in [-0.1, -0.05) is 0 Å². The summed E-state index contributed by atoms with van der Waals surface area (Å²) in [4.78, 5) is 12.1. The number of thioether (sulfide) groups is 1. The lowest BCUT2D eigenvalue weighted by molar-refractivity contribution is 0.0936. The van der Waals surface area contributed by atoms with Gasteiger partial charge in [0.2, 0.25) is 0 Å². The highest BCUT2D eigenvalue weighted by molar-refractivity contribution is 7.98. The second kappa shape index (κ2) is 7.16. The monoisotopic (exact) mass is 268 g/mol. The van der Waals surface area contributed by atoms with E-state index in [2.05, 4.69) is 11.6 Å². The molecule has 1 aromatic carbocycles. The predicted molar refractivity (Wildman–Crippen MR) is 77.3 cm³/mol. The van der Waals surface area contributed by atoms with E-state index in [0.717, 1.165) is 12.2 Å². The number of methoxy groups -OCH3 is 1. The number of hydrogen-bond acceptors (Lipinski definition) is 4. The molecule has 0 aliphatic heterocycles. The Bertz CT molecular complexity index is 410. The molecular formula is C13H20N2O2S. The number of ether oxygens (including phenoxy) is 1. The zero-order valence-electron chi connectivity index (χ0n) is 11.0. The number of hydrogen-bond donors (Lipinski definition) is 2. The Labute approximate surface area is 112 Å². The molecule has 18 heavy (non-hydrogen) atoms. The van der Waals surface area contributed by atoms with Gasteiger partial charge >= 0.3 is 0 Å². The van der Waals surface area contributed by atoms with Gasteiger partial charge in [-0.05, 0) is 43.6 Å². The van der Waals surface area contributed by atoms with E-state index in [0.29, 0.717) is 17.0 Å². The molecule has 0 bridgehead atoms. The van der Waals surface area contributed by atoms with Gasteiger partial charge in [-0.2, -0.15) is 11.8 Å². The summed E-state index contributed by atoms with van der Waals surface area (Å²) in [6, 6.07) is 5.19. The van der Waals surface area contributed by atoms with E-state index in [1.807, 2.05) is 6.92 Å². The molecule has 0 fully saturated rings. The normalized spacial score (nSPS) is 11.9. The van der Waals surface area contributed by atoms with Crippen LogP contribution in [0.3, 0.4) is 0 Å². The molecule has 0 aromatic heterocycles. The van der Waals surface area contributed by atoms with Gasteiger partial charge in [0.25, 0.3) is 5.91 Å². The van der Waals surface area contributed by atoms with Crippen LogP contribution in [-0.4, -0.2) is 31.1 Å². The topological polar surface area (TPSA) is 64.3 Å². The van der Waals surface area contributed by atoms with Crippen LogP contribution < -0.4 is 15.8 Å². The third kappa shape index (κ3) is 4.14. The summed E-state index contributed by atoms with van der Waals surface area (Å²) < 4.78 is 5.16. The van der Waals surface area contributed by atoms with E-state index in [4.69, 9.17) is 10.5 Å². The molecule has 0 aliphatic rings. The summed E-state index contributed by atoms with van der Waals surface area (Å²) in [5.41, 5.74) is 6.73. The fourth-order valence-corrected chi connectivity index (χ4v) is 2.16. The summed E-state index contributed by atoms with van der Waals surface area (Å²) >= 11 is 1.77. The molecule has 0 saturated carbocycles. The summed E-state index contributed by atoms with van der Waals surface area (Å²) in [5, 5.41) is 2.95. The van der Waals surface area contributed by atoms with Gasteiger partial charge < -0.3 is 15.8 Å². The number of carbonyl (C=O) groups is 1. The van der Waals surface area contributed by atoms with Crippen LogP contribution >= 0.6 is 11.8 Å². The van der Waals surface area contributed by atoms with Crippen molar-refractivity contribution < 1.29 is 9.53 Å². The molecule has 1 amide bonds. The van der Waals surface area contributed by atoms with E-state index in [1.165, 1.54) is 0 Å². The maximum absolute atomic E-state index is 12.1. The maximum atomic E-state index is 12.1. The van der Waals surface area contributed by atoms with Crippen LogP contribution in [-0.2, 0) is 0 Å². The molecule has 4 nitrogen and oxygen atoms in total. The van der Waals surface area contributed by atoms with Gasteiger partial charge in [0, 0.05) is 11.7 Å². The molecule has 0 saturated heterocycles. The quantitative estimate of drug-likeness (QED) is 0.776. The number of nitrogens with two attached hydrogens (primary N) is 1. The minimum atomic E-state index is -0.146. The number of nitrogen functional groups attached to an aromatic ring is 1. The smallest absolute Gasteiger partial charge is 0.255 e. The van der Waals surface area contributed by atoms with Gasteiger partial charge in [0.1, 0.15) is 5.75 Å². The third-order valence-electron chi connectivity index (χ3n) is 2.60. The third-order valence-corrected chi connectivity index (χ3v) is 3.24. The van der Waals surface area contributed by atoms with Crippen molar-refractivity contribution in [1.82, 2.24) is 5.32 Å². The van der Waals surface area contributed by atoms with Crippen LogP contribution in [0.15, 0.2) is 18.2 Å². The molecule has 1 rings (SSSR count). The van der Waals surface area contributed by atoms with Crippen molar-refractivity contribution in [2.24, 2.45) is 0 Å². The van der Waals surface area contributed by atoms with Crippen LogP contribution in [0.5, 0.6) is 5.75 Å². The summed E-state index contributed by atoms with van der Waals surface area (Å²) in [6.07, 6.45) is 2.99. The fraction of sp³-hybridized carbons (Fsp3) is 0.462. The van der Waals surface area contributed by atoms with Gasteiger partial charge in [-0.3, -0.25) is 4.79 Å². The van der Waals surface area contributed by atoms with Crippen LogP contribution in [0.25, 0.3) is 0 Å². The maximum Gasteiger partial charge on any atom is 0.255 e. The molecular weight excluding hydrogens is 248 g/mol. The standard InChI is InChI=1S/C13H20N2O2S/c1-9(6-7-18-3)15-13(16)11-8-10(14)4-5-12(11)17-2/h4-5,8-9H,6-7,14H2,1-3H3,(H,15,16). The Balaban J connectivity index is 2.74. The van der Waals surface area contributed by atoms with E-state index in [9.17, 15) is 4.79 Å². The Morgan fingerprint density at radius 1 is 1.56 bits per heavy atom. The highest BCUT2D eigenvalue weighted by Gasteiger charge is 2.14. The number of amides is 1.